The minimum absolute atomic E-state index is 0.106. The molecular formula is C30H33N5O2S. The van der Waals surface area contributed by atoms with Crippen LogP contribution >= 0.6 is 11.8 Å². The maximum absolute atomic E-state index is 13.5. The molecule has 2 heterocycles. The second-order valence-electron chi connectivity index (χ2n) is 9.38. The number of aromatic nitrogens is 3. The second kappa shape index (κ2) is 11.8. The number of carbonyl (C=O) groups excluding carboxylic acids is 1. The Bertz CT molecular complexity index is 1410. The van der Waals surface area contributed by atoms with Gasteiger partial charge in [0.2, 0.25) is 0 Å². The van der Waals surface area contributed by atoms with Crippen molar-refractivity contribution < 1.29 is 9.53 Å². The van der Waals surface area contributed by atoms with Crippen molar-refractivity contribution >= 4 is 17.7 Å². The topological polar surface area (TPSA) is 63.5 Å². The Morgan fingerprint density at radius 1 is 0.947 bits per heavy atom. The van der Waals surface area contributed by atoms with Gasteiger partial charge in [-0.3, -0.25) is 9.36 Å². The number of likely N-dealkylation sites (N-methyl/N-ethyl adjacent to an activating group) is 1. The molecule has 4 aromatic rings. The van der Waals surface area contributed by atoms with Crippen LogP contribution in [0.15, 0.2) is 78.0 Å². The molecule has 0 radical (unpaired) electrons. The van der Waals surface area contributed by atoms with Crippen LogP contribution in [0.1, 0.15) is 28.4 Å². The van der Waals surface area contributed by atoms with E-state index in [1.165, 1.54) is 0 Å². The Kier molecular flexibility index (Phi) is 8.10. The average molecular weight is 528 g/mol. The van der Waals surface area contributed by atoms with E-state index in [1.54, 1.807) is 18.9 Å². The molecule has 1 fully saturated rings. The smallest absolute Gasteiger partial charge is 0.254 e. The molecule has 8 heteroatoms. The normalized spacial score (nSPS) is 14.0. The number of carbonyl (C=O) groups is 1. The summed E-state index contributed by atoms with van der Waals surface area (Å²) in [5.74, 6) is 2.23. The van der Waals surface area contributed by atoms with Crippen LogP contribution in [0.25, 0.3) is 17.1 Å². The van der Waals surface area contributed by atoms with Gasteiger partial charge in [-0.05, 0) is 54.9 Å². The molecule has 0 saturated carbocycles. The summed E-state index contributed by atoms with van der Waals surface area (Å²) in [5, 5.41) is 9.94. The lowest BCUT2D eigenvalue weighted by atomic mass is 10.1. The fourth-order valence-electron chi connectivity index (χ4n) is 4.75. The summed E-state index contributed by atoms with van der Waals surface area (Å²) in [4.78, 5) is 17.8. The highest BCUT2D eigenvalue weighted by Crippen LogP contribution is 2.32. The fourth-order valence-corrected chi connectivity index (χ4v) is 5.70. The predicted molar refractivity (Wildman–Crippen MR) is 152 cm³/mol. The standard InChI is InChI=1S/C30H33N5O2S/c1-4-33-15-17-34(18-16-33)29(36)27-14-6-5-10-24(27)21-38-30-32-31-28(23-11-8-13-26(20-23)37-3)35(30)25-12-7-9-22(2)19-25/h5-14,19-20H,4,15-18,21H2,1-3H3. The lowest BCUT2D eigenvalue weighted by Crippen LogP contribution is -2.48. The molecule has 1 aromatic heterocycles. The third-order valence-electron chi connectivity index (χ3n) is 6.93. The molecule has 1 aliphatic rings. The van der Waals surface area contributed by atoms with Crippen LogP contribution in [-0.4, -0.2) is 70.3 Å². The number of thioether (sulfide) groups is 1. The molecular weight excluding hydrogens is 494 g/mol. The average Bonchev–Trinajstić information content (AvgIpc) is 3.40. The number of aryl methyl sites for hydroxylation is 1. The molecule has 196 valence electrons. The van der Waals surface area contributed by atoms with Gasteiger partial charge in [0, 0.05) is 48.7 Å². The van der Waals surface area contributed by atoms with Gasteiger partial charge in [0.05, 0.1) is 7.11 Å². The number of ether oxygens (including phenoxy) is 1. The summed E-state index contributed by atoms with van der Waals surface area (Å²) in [6.45, 7) is 8.64. The SMILES string of the molecule is CCN1CCN(C(=O)c2ccccc2CSc2nnc(-c3cccc(OC)c3)n2-c2cccc(C)c2)CC1. The molecule has 0 aliphatic carbocycles. The first-order valence-electron chi connectivity index (χ1n) is 13.0. The van der Waals surface area contributed by atoms with Crippen LogP contribution in [0.2, 0.25) is 0 Å². The molecule has 0 bridgehead atoms. The molecule has 38 heavy (non-hydrogen) atoms. The summed E-state index contributed by atoms with van der Waals surface area (Å²) in [5.41, 5.74) is 4.84. The first-order valence-corrected chi connectivity index (χ1v) is 13.9. The Labute approximate surface area is 228 Å². The van der Waals surface area contributed by atoms with Crippen molar-refractivity contribution in [2.24, 2.45) is 0 Å². The molecule has 1 aliphatic heterocycles. The van der Waals surface area contributed by atoms with E-state index in [1.807, 2.05) is 59.5 Å². The molecule has 0 spiro atoms. The first-order chi connectivity index (χ1) is 18.6. The van der Waals surface area contributed by atoms with Gasteiger partial charge in [-0.15, -0.1) is 10.2 Å². The second-order valence-corrected chi connectivity index (χ2v) is 10.3. The van der Waals surface area contributed by atoms with Crippen LogP contribution in [0.5, 0.6) is 5.75 Å². The predicted octanol–water partition coefficient (Wildman–Crippen LogP) is 5.32. The summed E-state index contributed by atoms with van der Waals surface area (Å²) < 4.78 is 7.53. The summed E-state index contributed by atoms with van der Waals surface area (Å²) >= 11 is 1.59. The van der Waals surface area contributed by atoms with E-state index < -0.39 is 0 Å². The van der Waals surface area contributed by atoms with Gasteiger partial charge in [0.25, 0.3) is 5.91 Å². The van der Waals surface area contributed by atoms with E-state index in [9.17, 15) is 4.79 Å². The highest BCUT2D eigenvalue weighted by Gasteiger charge is 2.24. The van der Waals surface area contributed by atoms with E-state index >= 15 is 0 Å². The molecule has 0 atom stereocenters. The van der Waals surface area contributed by atoms with Crippen molar-refractivity contribution in [3.63, 3.8) is 0 Å². The van der Waals surface area contributed by atoms with E-state index in [0.29, 0.717) is 5.75 Å². The number of piperazine rings is 1. The van der Waals surface area contributed by atoms with Gasteiger partial charge in [-0.25, -0.2) is 0 Å². The number of hydrogen-bond acceptors (Lipinski definition) is 6. The van der Waals surface area contributed by atoms with Crippen molar-refractivity contribution in [3.05, 3.63) is 89.5 Å². The van der Waals surface area contributed by atoms with E-state index in [0.717, 1.165) is 77.4 Å². The Hall–Kier alpha value is -3.62. The Morgan fingerprint density at radius 3 is 2.50 bits per heavy atom. The summed E-state index contributed by atoms with van der Waals surface area (Å²) in [6, 6.07) is 24.1. The number of benzene rings is 3. The van der Waals surface area contributed by atoms with Gasteiger partial charge < -0.3 is 14.5 Å². The zero-order valence-corrected chi connectivity index (χ0v) is 22.9. The number of methoxy groups -OCH3 is 1. The van der Waals surface area contributed by atoms with E-state index in [4.69, 9.17) is 4.74 Å². The molecule has 1 amide bonds. The largest absolute Gasteiger partial charge is 0.497 e. The minimum Gasteiger partial charge on any atom is -0.497 e. The van der Waals surface area contributed by atoms with Crippen molar-refractivity contribution in [2.75, 3.05) is 39.8 Å². The third-order valence-corrected chi connectivity index (χ3v) is 7.91. The van der Waals surface area contributed by atoms with Crippen LogP contribution in [0, 0.1) is 6.92 Å². The zero-order chi connectivity index (χ0) is 26.5. The van der Waals surface area contributed by atoms with Crippen LogP contribution in [-0.2, 0) is 5.75 Å². The fraction of sp³-hybridized carbons (Fsp3) is 0.300. The minimum atomic E-state index is 0.106. The van der Waals surface area contributed by atoms with Crippen molar-refractivity contribution in [2.45, 2.75) is 24.8 Å². The number of rotatable bonds is 8. The maximum atomic E-state index is 13.5. The molecule has 1 saturated heterocycles. The highest BCUT2D eigenvalue weighted by atomic mass is 32.2. The third kappa shape index (κ3) is 5.61. The number of hydrogen-bond donors (Lipinski definition) is 0. The lowest BCUT2D eigenvalue weighted by Gasteiger charge is -2.34. The summed E-state index contributed by atoms with van der Waals surface area (Å²) in [6.07, 6.45) is 0. The van der Waals surface area contributed by atoms with E-state index in [-0.39, 0.29) is 5.91 Å². The molecule has 0 N–H and O–H groups in total. The van der Waals surface area contributed by atoms with E-state index in [2.05, 4.69) is 51.7 Å². The Morgan fingerprint density at radius 2 is 1.74 bits per heavy atom. The maximum Gasteiger partial charge on any atom is 0.254 e. The van der Waals surface area contributed by atoms with Crippen LogP contribution in [0.4, 0.5) is 0 Å². The molecule has 0 unspecified atom stereocenters. The zero-order valence-electron chi connectivity index (χ0n) is 22.1. The quantitative estimate of drug-likeness (QED) is 0.289. The van der Waals surface area contributed by atoms with Crippen molar-refractivity contribution in [1.82, 2.24) is 24.6 Å². The van der Waals surface area contributed by atoms with Crippen LogP contribution in [0.3, 0.4) is 0 Å². The highest BCUT2D eigenvalue weighted by molar-refractivity contribution is 7.98. The number of amides is 1. The monoisotopic (exact) mass is 527 g/mol. The van der Waals surface area contributed by atoms with Gasteiger partial charge in [0.1, 0.15) is 5.75 Å². The van der Waals surface area contributed by atoms with Gasteiger partial charge in [0.15, 0.2) is 11.0 Å². The van der Waals surface area contributed by atoms with Crippen molar-refractivity contribution in [1.29, 1.82) is 0 Å². The van der Waals surface area contributed by atoms with Crippen molar-refractivity contribution in [3.8, 4) is 22.8 Å². The Balaban J connectivity index is 1.44. The summed E-state index contributed by atoms with van der Waals surface area (Å²) in [7, 11) is 1.66. The lowest BCUT2D eigenvalue weighted by molar-refractivity contribution is 0.0642. The molecule has 5 rings (SSSR count). The van der Waals surface area contributed by atoms with Gasteiger partial charge in [-0.2, -0.15) is 0 Å². The molecule has 7 nitrogen and oxygen atoms in total. The van der Waals surface area contributed by atoms with Gasteiger partial charge in [-0.1, -0.05) is 61.2 Å². The molecule has 3 aromatic carbocycles. The first kappa shape index (κ1) is 26.0. The number of nitrogens with zero attached hydrogens (tertiary/aromatic N) is 5. The van der Waals surface area contributed by atoms with Gasteiger partial charge >= 0.3 is 0 Å². The van der Waals surface area contributed by atoms with Crippen LogP contribution < -0.4 is 4.74 Å².